The zero-order chi connectivity index (χ0) is 13.8. The van der Waals surface area contributed by atoms with Crippen molar-refractivity contribution in [1.29, 1.82) is 0 Å². The first-order valence-electron chi connectivity index (χ1n) is 6.24. The third-order valence-electron chi connectivity index (χ3n) is 2.96. The Morgan fingerprint density at radius 2 is 2.05 bits per heavy atom. The number of ether oxygens (including phenoxy) is 1. The van der Waals surface area contributed by atoms with Gasteiger partial charge in [0, 0.05) is 29.4 Å². The lowest BCUT2D eigenvalue weighted by Crippen LogP contribution is -2.08. The second-order valence-corrected chi connectivity index (χ2v) is 4.34. The highest BCUT2D eigenvalue weighted by Crippen LogP contribution is 2.19. The van der Waals surface area contributed by atoms with Crippen LogP contribution in [0.25, 0.3) is 10.9 Å². The Kier molecular flexibility index (Phi) is 3.43. The van der Waals surface area contributed by atoms with E-state index in [0.717, 1.165) is 22.2 Å². The van der Waals surface area contributed by atoms with E-state index in [1.807, 2.05) is 36.4 Å². The van der Waals surface area contributed by atoms with E-state index < -0.39 is 0 Å². The number of hydrogen-bond donors (Lipinski definition) is 2. The van der Waals surface area contributed by atoms with E-state index in [1.54, 1.807) is 18.5 Å². The monoisotopic (exact) mass is 266 g/mol. The number of hydrazine groups is 1. The molecule has 0 aliphatic rings. The summed E-state index contributed by atoms with van der Waals surface area (Å²) < 4.78 is 5.74. The van der Waals surface area contributed by atoms with Gasteiger partial charge in [-0.15, -0.1) is 0 Å². The van der Waals surface area contributed by atoms with Crippen molar-refractivity contribution < 1.29 is 4.74 Å². The van der Waals surface area contributed by atoms with Gasteiger partial charge in [-0.3, -0.25) is 4.98 Å². The van der Waals surface area contributed by atoms with E-state index in [2.05, 4.69) is 15.4 Å². The number of nitrogens with zero attached hydrogens (tertiary/aromatic N) is 2. The molecule has 5 heteroatoms. The molecular formula is C15H14N4O. The second kappa shape index (κ2) is 5.54. The van der Waals surface area contributed by atoms with Gasteiger partial charge in [-0.2, -0.15) is 0 Å². The van der Waals surface area contributed by atoms with Crippen LogP contribution in [-0.2, 0) is 6.61 Å². The molecule has 0 unspecified atom stereocenters. The number of anilines is 1. The molecule has 2 aromatic heterocycles. The van der Waals surface area contributed by atoms with Crippen LogP contribution in [0.2, 0.25) is 0 Å². The molecule has 20 heavy (non-hydrogen) atoms. The molecule has 1 aromatic carbocycles. The van der Waals surface area contributed by atoms with Gasteiger partial charge in [0.2, 0.25) is 0 Å². The van der Waals surface area contributed by atoms with Gasteiger partial charge >= 0.3 is 0 Å². The lowest BCUT2D eigenvalue weighted by molar-refractivity contribution is 0.306. The molecular weight excluding hydrogens is 252 g/mol. The molecule has 0 atom stereocenters. The highest BCUT2D eigenvalue weighted by molar-refractivity contribution is 5.79. The number of nitrogens with one attached hydrogen (secondary N) is 1. The minimum atomic E-state index is 0.455. The van der Waals surface area contributed by atoms with Crippen molar-refractivity contribution in [3.05, 3.63) is 60.4 Å². The van der Waals surface area contributed by atoms with Gasteiger partial charge in [-0.05, 0) is 24.3 Å². The average Bonchev–Trinajstić information content (AvgIpc) is 2.53. The maximum atomic E-state index is 5.74. The molecule has 3 N–H and O–H groups in total. The Balaban J connectivity index is 1.72. The Hall–Kier alpha value is -2.66. The van der Waals surface area contributed by atoms with E-state index in [4.69, 9.17) is 10.6 Å². The van der Waals surface area contributed by atoms with Gasteiger partial charge in [0.15, 0.2) is 0 Å². The molecule has 0 bridgehead atoms. The van der Waals surface area contributed by atoms with E-state index in [0.29, 0.717) is 12.4 Å². The first-order chi connectivity index (χ1) is 9.85. The number of benzene rings is 1. The van der Waals surface area contributed by atoms with Crippen molar-refractivity contribution in [3.63, 3.8) is 0 Å². The normalized spacial score (nSPS) is 10.4. The first-order valence-corrected chi connectivity index (χ1v) is 6.24. The van der Waals surface area contributed by atoms with Gasteiger partial charge in [0.25, 0.3) is 0 Å². The van der Waals surface area contributed by atoms with Gasteiger partial charge in [0.1, 0.15) is 18.2 Å². The van der Waals surface area contributed by atoms with Crippen molar-refractivity contribution in [1.82, 2.24) is 9.97 Å². The van der Waals surface area contributed by atoms with Gasteiger partial charge in [-0.25, -0.2) is 10.8 Å². The van der Waals surface area contributed by atoms with Gasteiger partial charge < -0.3 is 10.2 Å². The molecule has 0 saturated heterocycles. The van der Waals surface area contributed by atoms with Crippen LogP contribution in [0.4, 0.5) is 5.82 Å². The standard InChI is InChI=1S/C15H14N4O/c16-19-15-6-3-11(9-18-15)10-20-13-5-4-12-2-1-7-17-14(12)8-13/h1-9H,10,16H2,(H,18,19). The molecule has 0 aliphatic carbocycles. The number of fused-ring (bicyclic) bond motifs is 1. The van der Waals surface area contributed by atoms with Crippen molar-refractivity contribution in [3.8, 4) is 5.75 Å². The maximum absolute atomic E-state index is 5.74. The maximum Gasteiger partial charge on any atom is 0.139 e. The zero-order valence-electron chi connectivity index (χ0n) is 10.8. The van der Waals surface area contributed by atoms with Crippen LogP contribution in [0, 0.1) is 0 Å². The van der Waals surface area contributed by atoms with Crippen LogP contribution >= 0.6 is 0 Å². The summed E-state index contributed by atoms with van der Waals surface area (Å²) in [6, 6.07) is 13.5. The molecule has 0 saturated carbocycles. The van der Waals surface area contributed by atoms with E-state index in [1.165, 1.54) is 0 Å². The fourth-order valence-electron chi connectivity index (χ4n) is 1.90. The van der Waals surface area contributed by atoms with Crippen LogP contribution in [-0.4, -0.2) is 9.97 Å². The number of nitrogens with two attached hydrogens (primary N) is 1. The summed E-state index contributed by atoms with van der Waals surface area (Å²) in [5.41, 5.74) is 4.39. The topological polar surface area (TPSA) is 73.1 Å². The lowest BCUT2D eigenvalue weighted by Gasteiger charge is -2.07. The molecule has 0 spiro atoms. The average molecular weight is 266 g/mol. The predicted molar refractivity (Wildman–Crippen MR) is 78.1 cm³/mol. The number of rotatable bonds is 4. The second-order valence-electron chi connectivity index (χ2n) is 4.34. The number of nitrogen functional groups attached to an aromatic ring is 1. The largest absolute Gasteiger partial charge is 0.489 e. The summed E-state index contributed by atoms with van der Waals surface area (Å²) in [6.07, 6.45) is 3.50. The van der Waals surface area contributed by atoms with Crippen LogP contribution in [0.5, 0.6) is 5.75 Å². The minimum Gasteiger partial charge on any atom is -0.489 e. The summed E-state index contributed by atoms with van der Waals surface area (Å²) in [5, 5.41) is 1.10. The van der Waals surface area contributed by atoms with E-state index in [9.17, 15) is 0 Å². The first kappa shape index (κ1) is 12.4. The van der Waals surface area contributed by atoms with Crippen molar-refractivity contribution in [2.45, 2.75) is 6.61 Å². The fourth-order valence-corrected chi connectivity index (χ4v) is 1.90. The van der Waals surface area contributed by atoms with E-state index in [-0.39, 0.29) is 0 Å². The highest BCUT2D eigenvalue weighted by atomic mass is 16.5. The molecule has 3 aromatic rings. The molecule has 2 heterocycles. The van der Waals surface area contributed by atoms with Crippen LogP contribution in [0.15, 0.2) is 54.9 Å². The van der Waals surface area contributed by atoms with Crippen molar-refractivity contribution in [2.75, 3.05) is 5.43 Å². The highest BCUT2D eigenvalue weighted by Gasteiger charge is 2.00. The predicted octanol–water partition coefficient (Wildman–Crippen LogP) is 2.49. The summed E-state index contributed by atoms with van der Waals surface area (Å²) in [6.45, 7) is 0.455. The SMILES string of the molecule is NNc1ccc(COc2ccc3cccnc3c2)cn1. The number of aromatic nitrogens is 2. The lowest BCUT2D eigenvalue weighted by atomic mass is 10.2. The quantitative estimate of drug-likeness (QED) is 0.560. The zero-order valence-corrected chi connectivity index (χ0v) is 10.8. The van der Waals surface area contributed by atoms with Crippen LogP contribution < -0.4 is 16.0 Å². The van der Waals surface area contributed by atoms with Gasteiger partial charge in [-0.1, -0.05) is 12.1 Å². The Morgan fingerprint density at radius 3 is 2.85 bits per heavy atom. The fraction of sp³-hybridized carbons (Fsp3) is 0.0667. The third-order valence-corrected chi connectivity index (χ3v) is 2.96. The molecule has 0 amide bonds. The molecule has 0 aliphatic heterocycles. The molecule has 100 valence electrons. The summed E-state index contributed by atoms with van der Waals surface area (Å²) in [7, 11) is 0. The van der Waals surface area contributed by atoms with Crippen LogP contribution in [0.1, 0.15) is 5.56 Å². The van der Waals surface area contributed by atoms with Crippen molar-refractivity contribution in [2.24, 2.45) is 5.84 Å². The smallest absolute Gasteiger partial charge is 0.139 e. The summed E-state index contributed by atoms with van der Waals surface area (Å²) in [4.78, 5) is 8.44. The Morgan fingerprint density at radius 1 is 1.10 bits per heavy atom. The third kappa shape index (κ3) is 2.67. The summed E-state index contributed by atoms with van der Waals surface area (Å²) >= 11 is 0. The molecule has 0 fully saturated rings. The summed E-state index contributed by atoms with van der Waals surface area (Å²) in [5.74, 6) is 6.68. The Labute approximate surface area is 116 Å². The molecule has 0 radical (unpaired) electrons. The van der Waals surface area contributed by atoms with Crippen molar-refractivity contribution >= 4 is 16.7 Å². The molecule has 5 nitrogen and oxygen atoms in total. The Bertz CT molecular complexity index is 712. The van der Waals surface area contributed by atoms with Crippen LogP contribution in [0.3, 0.4) is 0 Å². The van der Waals surface area contributed by atoms with E-state index >= 15 is 0 Å². The minimum absolute atomic E-state index is 0.455. The number of pyridine rings is 2. The molecule has 3 rings (SSSR count). The van der Waals surface area contributed by atoms with Gasteiger partial charge in [0.05, 0.1) is 5.52 Å². The number of hydrogen-bond acceptors (Lipinski definition) is 5.